The van der Waals surface area contributed by atoms with Gasteiger partial charge in [-0.25, -0.2) is 26.5 Å². The Morgan fingerprint density at radius 3 is 2.62 bits per heavy atom. The average molecular weight is 451 g/mol. The Balaban J connectivity index is 1.78. The maximum atomic E-state index is 12.3. The van der Waals surface area contributed by atoms with Crippen molar-refractivity contribution >= 4 is 31.7 Å². The number of nitrogens with zero attached hydrogens (tertiary/aromatic N) is 3. The van der Waals surface area contributed by atoms with Crippen LogP contribution in [-0.2, 0) is 41.2 Å². The fraction of sp³-hybridized carbons (Fsp3) is 0.688. The van der Waals surface area contributed by atoms with Crippen LogP contribution >= 0.6 is 0 Å². The molecule has 0 aliphatic carbocycles. The summed E-state index contributed by atoms with van der Waals surface area (Å²) in [6.45, 7) is 2.96. The SMILES string of the molecule is CCN(C(=O)COC(=O)CCNS(=O)(=O)c1cn(C)c(C)n1)C1CCS(=O)(=O)C1. The van der Waals surface area contributed by atoms with E-state index in [9.17, 15) is 26.4 Å². The normalized spacial score (nSPS) is 18.5. The molecule has 1 aliphatic heterocycles. The smallest absolute Gasteiger partial charge is 0.307 e. The Bertz CT molecular complexity index is 950. The third-order valence-electron chi connectivity index (χ3n) is 4.65. The number of nitrogens with one attached hydrogen (secondary N) is 1. The van der Waals surface area contributed by atoms with Gasteiger partial charge in [-0.3, -0.25) is 9.59 Å². The Kier molecular flexibility index (Phi) is 7.40. The minimum absolute atomic E-state index is 0.0389. The van der Waals surface area contributed by atoms with Crippen molar-refractivity contribution in [3.8, 4) is 0 Å². The maximum Gasteiger partial charge on any atom is 0.307 e. The van der Waals surface area contributed by atoms with Gasteiger partial charge in [0, 0.05) is 32.4 Å². The van der Waals surface area contributed by atoms with Crippen LogP contribution in [0, 0.1) is 6.92 Å². The predicted molar refractivity (Wildman–Crippen MR) is 103 cm³/mol. The highest BCUT2D eigenvalue weighted by Crippen LogP contribution is 2.17. The molecule has 1 atom stereocenters. The Morgan fingerprint density at radius 2 is 2.10 bits per heavy atom. The lowest BCUT2D eigenvalue weighted by Gasteiger charge is -2.26. The molecule has 1 aromatic rings. The van der Waals surface area contributed by atoms with E-state index in [-0.39, 0.29) is 29.5 Å². The first-order valence-electron chi connectivity index (χ1n) is 9.10. The van der Waals surface area contributed by atoms with Crippen molar-refractivity contribution in [3.63, 3.8) is 0 Å². The largest absolute Gasteiger partial charge is 0.456 e. The number of carbonyl (C=O) groups is 2. The summed E-state index contributed by atoms with van der Waals surface area (Å²) in [6, 6.07) is -0.412. The number of aryl methyl sites for hydroxylation is 2. The molecule has 0 radical (unpaired) electrons. The molecule has 0 spiro atoms. The molecule has 1 unspecified atom stereocenters. The van der Waals surface area contributed by atoms with Crippen molar-refractivity contribution in [1.29, 1.82) is 0 Å². The van der Waals surface area contributed by atoms with Crippen LogP contribution in [0.5, 0.6) is 0 Å². The molecular weight excluding hydrogens is 424 g/mol. The molecule has 29 heavy (non-hydrogen) atoms. The summed E-state index contributed by atoms with van der Waals surface area (Å²) in [5.74, 6) is -0.744. The maximum absolute atomic E-state index is 12.3. The first-order valence-corrected chi connectivity index (χ1v) is 12.4. The van der Waals surface area contributed by atoms with Crippen molar-refractivity contribution in [2.24, 2.45) is 7.05 Å². The van der Waals surface area contributed by atoms with Crippen LogP contribution in [0.3, 0.4) is 0 Å². The van der Waals surface area contributed by atoms with Crippen LogP contribution < -0.4 is 4.72 Å². The predicted octanol–water partition coefficient (Wildman–Crippen LogP) is -1.02. The van der Waals surface area contributed by atoms with Crippen molar-refractivity contribution in [2.75, 3.05) is 31.2 Å². The van der Waals surface area contributed by atoms with Gasteiger partial charge in [0.15, 0.2) is 21.5 Å². The van der Waals surface area contributed by atoms with E-state index < -0.39 is 44.4 Å². The summed E-state index contributed by atoms with van der Waals surface area (Å²) in [5.41, 5.74) is 0. The van der Waals surface area contributed by atoms with E-state index in [2.05, 4.69) is 9.71 Å². The zero-order chi connectivity index (χ0) is 21.8. The van der Waals surface area contributed by atoms with Crippen molar-refractivity contribution in [1.82, 2.24) is 19.2 Å². The lowest BCUT2D eigenvalue weighted by Crippen LogP contribution is -2.43. The van der Waals surface area contributed by atoms with Crippen LogP contribution in [0.4, 0.5) is 0 Å². The van der Waals surface area contributed by atoms with Crippen molar-refractivity contribution < 1.29 is 31.2 Å². The molecular formula is C16H26N4O7S2. The topological polar surface area (TPSA) is 145 Å². The van der Waals surface area contributed by atoms with Gasteiger partial charge < -0.3 is 14.2 Å². The first-order chi connectivity index (χ1) is 13.4. The number of esters is 1. The number of likely N-dealkylation sites (N-methyl/N-ethyl adjacent to an activating group) is 1. The van der Waals surface area contributed by atoms with E-state index in [1.165, 1.54) is 11.1 Å². The number of carbonyl (C=O) groups excluding carboxylic acids is 2. The molecule has 1 fully saturated rings. The molecule has 0 saturated carbocycles. The van der Waals surface area contributed by atoms with Gasteiger partial charge in [-0.2, -0.15) is 0 Å². The molecule has 0 aromatic carbocycles. The fourth-order valence-corrected chi connectivity index (χ4v) is 5.77. The van der Waals surface area contributed by atoms with Gasteiger partial charge in [-0.15, -0.1) is 0 Å². The third kappa shape index (κ3) is 6.24. The zero-order valence-electron chi connectivity index (χ0n) is 16.6. The second-order valence-corrected chi connectivity index (χ2v) is 10.7. The molecule has 1 aromatic heterocycles. The van der Waals surface area contributed by atoms with Gasteiger partial charge in [-0.05, 0) is 20.3 Å². The molecule has 2 rings (SSSR count). The highest BCUT2D eigenvalue weighted by atomic mass is 32.2. The number of sulfonamides is 1. The van der Waals surface area contributed by atoms with E-state index in [4.69, 9.17) is 4.74 Å². The summed E-state index contributed by atoms with van der Waals surface area (Å²) in [4.78, 5) is 29.4. The quantitative estimate of drug-likeness (QED) is 0.471. The molecule has 13 heteroatoms. The molecule has 11 nitrogen and oxygen atoms in total. The zero-order valence-corrected chi connectivity index (χ0v) is 18.3. The van der Waals surface area contributed by atoms with Gasteiger partial charge >= 0.3 is 5.97 Å². The number of hydrogen-bond acceptors (Lipinski definition) is 8. The first kappa shape index (κ1) is 23.3. The third-order valence-corrected chi connectivity index (χ3v) is 7.73. The highest BCUT2D eigenvalue weighted by Gasteiger charge is 2.34. The summed E-state index contributed by atoms with van der Waals surface area (Å²) >= 11 is 0. The van der Waals surface area contributed by atoms with Crippen LogP contribution in [0.15, 0.2) is 11.2 Å². The summed E-state index contributed by atoms with van der Waals surface area (Å²) in [6.07, 6.45) is 1.46. The highest BCUT2D eigenvalue weighted by molar-refractivity contribution is 7.91. The number of aromatic nitrogens is 2. The Labute approximate surface area is 170 Å². The molecule has 1 amide bonds. The number of hydrogen-bond donors (Lipinski definition) is 1. The van der Waals surface area contributed by atoms with E-state index in [1.54, 1.807) is 25.5 Å². The molecule has 1 saturated heterocycles. The lowest BCUT2D eigenvalue weighted by molar-refractivity contribution is -0.152. The fourth-order valence-electron chi connectivity index (χ4n) is 2.97. The second-order valence-electron chi connectivity index (χ2n) is 6.78. The standard InChI is InChI=1S/C16H26N4O7S2/c1-4-20(13-6-8-28(23,24)11-13)15(21)10-27-16(22)5-7-17-29(25,26)14-9-19(3)12(2)18-14/h9,13,17H,4-8,10-11H2,1-3H3. The Morgan fingerprint density at radius 1 is 1.41 bits per heavy atom. The van der Waals surface area contributed by atoms with E-state index in [0.29, 0.717) is 18.8 Å². The summed E-state index contributed by atoms with van der Waals surface area (Å²) < 4.78 is 56.1. The van der Waals surface area contributed by atoms with Gasteiger partial charge in [0.1, 0.15) is 5.82 Å². The van der Waals surface area contributed by atoms with Crippen molar-refractivity contribution in [3.05, 3.63) is 12.0 Å². The molecule has 1 N–H and O–H groups in total. The van der Waals surface area contributed by atoms with Crippen molar-refractivity contribution in [2.45, 2.75) is 37.8 Å². The second kappa shape index (κ2) is 9.22. The van der Waals surface area contributed by atoms with E-state index in [1.807, 2.05) is 0 Å². The average Bonchev–Trinajstić information content (AvgIpc) is 3.16. The Hall–Kier alpha value is -1.99. The van der Waals surface area contributed by atoms with Gasteiger partial charge in [0.25, 0.3) is 15.9 Å². The summed E-state index contributed by atoms with van der Waals surface area (Å²) in [5, 5.41) is -0.147. The van der Waals surface area contributed by atoms with Crippen LogP contribution in [0.25, 0.3) is 0 Å². The minimum Gasteiger partial charge on any atom is -0.456 e. The lowest BCUT2D eigenvalue weighted by atomic mass is 10.2. The number of amides is 1. The summed E-state index contributed by atoms with van der Waals surface area (Å²) in [7, 11) is -5.33. The van der Waals surface area contributed by atoms with Gasteiger partial charge in [0.05, 0.1) is 17.9 Å². The van der Waals surface area contributed by atoms with Gasteiger partial charge in [-0.1, -0.05) is 0 Å². The number of sulfone groups is 1. The number of imidazole rings is 1. The minimum atomic E-state index is -3.85. The molecule has 1 aliphatic rings. The van der Waals surface area contributed by atoms with E-state index in [0.717, 1.165) is 0 Å². The molecule has 0 bridgehead atoms. The van der Waals surface area contributed by atoms with Gasteiger partial charge in [0.2, 0.25) is 0 Å². The van der Waals surface area contributed by atoms with E-state index >= 15 is 0 Å². The van der Waals surface area contributed by atoms with Crippen LogP contribution in [-0.4, -0.2) is 80.4 Å². The van der Waals surface area contributed by atoms with Crippen LogP contribution in [0.1, 0.15) is 25.6 Å². The van der Waals surface area contributed by atoms with Crippen LogP contribution in [0.2, 0.25) is 0 Å². The number of ether oxygens (including phenoxy) is 1. The monoisotopic (exact) mass is 450 g/mol. The number of rotatable bonds is 9. The molecule has 164 valence electrons. The molecule has 2 heterocycles.